The van der Waals surface area contributed by atoms with Crippen LogP contribution < -0.4 is 4.74 Å². The van der Waals surface area contributed by atoms with Crippen LogP contribution in [0.15, 0.2) is 36.4 Å². The van der Waals surface area contributed by atoms with Crippen LogP contribution in [0.25, 0.3) is 11.1 Å². The van der Waals surface area contributed by atoms with Crippen molar-refractivity contribution >= 4 is 11.6 Å². The second-order valence-corrected chi connectivity index (χ2v) is 8.16. The van der Waals surface area contributed by atoms with Crippen LogP contribution in [-0.4, -0.2) is 7.11 Å². The Hall–Kier alpha value is -1.54. The molecule has 1 nitrogen and oxygen atoms in total. The largest absolute Gasteiger partial charge is 0.494 e. The average molecular weight is 389 g/mol. The van der Waals surface area contributed by atoms with Crippen molar-refractivity contribution < 1.29 is 9.13 Å². The summed E-state index contributed by atoms with van der Waals surface area (Å²) in [5, 5.41) is 0.120. The smallest absolute Gasteiger partial charge is 0.184 e. The van der Waals surface area contributed by atoms with Crippen molar-refractivity contribution in [2.75, 3.05) is 7.11 Å². The quantitative estimate of drug-likeness (QED) is 0.436. The van der Waals surface area contributed by atoms with Gasteiger partial charge in [0.25, 0.3) is 0 Å². The Morgan fingerprint density at radius 3 is 2.33 bits per heavy atom. The molecule has 1 aliphatic rings. The summed E-state index contributed by atoms with van der Waals surface area (Å²) in [6, 6.07) is 12.0. The van der Waals surface area contributed by atoms with Crippen LogP contribution in [0.2, 0.25) is 5.02 Å². The molecular weight excluding hydrogens is 359 g/mol. The number of ether oxygens (including phenoxy) is 1. The molecule has 1 aliphatic carbocycles. The standard InChI is InChI=1S/C24H30ClFO/c1-3-4-5-6-17-7-9-18(10-8-17)19-11-13-20(14-12-19)21-15-16-22(27-2)24(26)23(21)25/h11-18H,3-10H2,1-2H3. The van der Waals surface area contributed by atoms with E-state index in [-0.39, 0.29) is 10.8 Å². The maximum atomic E-state index is 14.2. The zero-order valence-corrected chi connectivity index (χ0v) is 17.2. The van der Waals surface area contributed by atoms with Gasteiger partial charge in [-0.25, -0.2) is 4.39 Å². The van der Waals surface area contributed by atoms with Crippen LogP contribution in [0.5, 0.6) is 5.75 Å². The van der Waals surface area contributed by atoms with Crippen molar-refractivity contribution in [1.82, 2.24) is 0 Å². The van der Waals surface area contributed by atoms with E-state index in [2.05, 4.69) is 31.2 Å². The molecule has 0 bridgehead atoms. The topological polar surface area (TPSA) is 9.23 Å². The third-order valence-electron chi connectivity index (χ3n) is 6.02. The first-order valence-corrected chi connectivity index (χ1v) is 10.6. The lowest BCUT2D eigenvalue weighted by Crippen LogP contribution is -2.13. The van der Waals surface area contributed by atoms with Gasteiger partial charge in [0.05, 0.1) is 12.1 Å². The predicted octanol–water partition coefficient (Wildman–Crippen LogP) is 8.01. The minimum atomic E-state index is -0.498. The molecule has 0 radical (unpaired) electrons. The lowest BCUT2D eigenvalue weighted by Gasteiger charge is -2.29. The summed E-state index contributed by atoms with van der Waals surface area (Å²) in [5.74, 6) is 1.26. The summed E-state index contributed by atoms with van der Waals surface area (Å²) < 4.78 is 19.2. The van der Waals surface area contributed by atoms with Gasteiger partial charge in [-0.15, -0.1) is 0 Å². The van der Waals surface area contributed by atoms with Gasteiger partial charge < -0.3 is 4.74 Å². The van der Waals surface area contributed by atoms with Crippen LogP contribution in [0.1, 0.15) is 69.8 Å². The van der Waals surface area contributed by atoms with Gasteiger partial charge in [0.2, 0.25) is 0 Å². The number of halogens is 2. The number of hydrogen-bond donors (Lipinski definition) is 0. The molecule has 1 saturated carbocycles. The summed E-state index contributed by atoms with van der Waals surface area (Å²) in [4.78, 5) is 0. The summed E-state index contributed by atoms with van der Waals surface area (Å²) in [6.45, 7) is 2.27. The van der Waals surface area contributed by atoms with E-state index in [1.807, 2.05) is 6.07 Å². The monoisotopic (exact) mass is 388 g/mol. The highest BCUT2D eigenvalue weighted by atomic mass is 35.5. The third kappa shape index (κ3) is 4.85. The van der Waals surface area contributed by atoms with Gasteiger partial charge in [-0.05, 0) is 60.8 Å². The number of unbranched alkanes of at least 4 members (excludes halogenated alkanes) is 2. The van der Waals surface area contributed by atoms with E-state index in [1.165, 1.54) is 64.0 Å². The highest BCUT2D eigenvalue weighted by Gasteiger charge is 2.22. The fourth-order valence-electron chi connectivity index (χ4n) is 4.31. The molecule has 3 heteroatoms. The second-order valence-electron chi connectivity index (χ2n) is 7.78. The van der Waals surface area contributed by atoms with Crippen molar-refractivity contribution in [3.63, 3.8) is 0 Å². The Morgan fingerprint density at radius 1 is 1.00 bits per heavy atom. The number of hydrogen-bond acceptors (Lipinski definition) is 1. The van der Waals surface area contributed by atoms with E-state index in [0.717, 1.165) is 11.5 Å². The zero-order valence-electron chi connectivity index (χ0n) is 16.4. The lowest BCUT2D eigenvalue weighted by molar-refractivity contribution is 0.303. The highest BCUT2D eigenvalue weighted by molar-refractivity contribution is 6.33. The molecule has 0 aromatic heterocycles. The zero-order chi connectivity index (χ0) is 19.2. The van der Waals surface area contributed by atoms with E-state index in [1.54, 1.807) is 6.07 Å². The second kappa shape index (κ2) is 9.59. The van der Waals surface area contributed by atoms with Gasteiger partial charge in [0, 0.05) is 5.56 Å². The number of methoxy groups -OCH3 is 1. The Morgan fingerprint density at radius 2 is 1.70 bits per heavy atom. The molecule has 0 saturated heterocycles. The molecule has 2 aromatic rings. The van der Waals surface area contributed by atoms with Crippen LogP contribution in [0.3, 0.4) is 0 Å². The molecule has 0 spiro atoms. The van der Waals surface area contributed by atoms with Crippen molar-refractivity contribution in [1.29, 1.82) is 0 Å². The fourth-order valence-corrected chi connectivity index (χ4v) is 4.58. The van der Waals surface area contributed by atoms with Crippen molar-refractivity contribution in [3.05, 3.63) is 52.8 Å². The molecule has 2 aromatic carbocycles. The molecule has 27 heavy (non-hydrogen) atoms. The molecule has 0 atom stereocenters. The minimum absolute atomic E-state index is 0.120. The van der Waals surface area contributed by atoms with Crippen molar-refractivity contribution in [2.24, 2.45) is 5.92 Å². The minimum Gasteiger partial charge on any atom is -0.494 e. The molecule has 146 valence electrons. The molecular formula is C24H30ClFO. The first kappa shape index (κ1) is 20.2. The van der Waals surface area contributed by atoms with Crippen molar-refractivity contribution in [3.8, 4) is 16.9 Å². The number of benzene rings is 2. The SMILES string of the molecule is CCCCCC1CCC(c2ccc(-c3ccc(OC)c(F)c3Cl)cc2)CC1. The molecule has 0 aliphatic heterocycles. The van der Waals surface area contributed by atoms with E-state index in [0.29, 0.717) is 11.5 Å². The van der Waals surface area contributed by atoms with Crippen molar-refractivity contribution in [2.45, 2.75) is 64.2 Å². The van der Waals surface area contributed by atoms with Crippen LogP contribution in [-0.2, 0) is 0 Å². The summed E-state index contributed by atoms with van der Waals surface area (Å²) in [6.07, 6.45) is 10.7. The molecule has 0 unspecified atom stereocenters. The Balaban J connectivity index is 1.64. The first-order valence-electron chi connectivity index (χ1n) is 10.3. The van der Waals surface area contributed by atoms with Crippen LogP contribution >= 0.6 is 11.6 Å². The molecule has 3 rings (SSSR count). The molecule has 0 N–H and O–H groups in total. The average Bonchev–Trinajstić information content (AvgIpc) is 2.71. The number of rotatable bonds is 7. The fraction of sp³-hybridized carbons (Fsp3) is 0.500. The predicted molar refractivity (Wildman–Crippen MR) is 112 cm³/mol. The van der Waals surface area contributed by atoms with Crippen LogP contribution in [0.4, 0.5) is 4.39 Å². The maximum Gasteiger partial charge on any atom is 0.184 e. The summed E-state index contributed by atoms with van der Waals surface area (Å²) >= 11 is 6.21. The Bertz CT molecular complexity index is 733. The summed E-state index contributed by atoms with van der Waals surface area (Å²) in [7, 11) is 1.45. The van der Waals surface area contributed by atoms with E-state index < -0.39 is 5.82 Å². The molecule has 0 heterocycles. The van der Waals surface area contributed by atoms with Gasteiger partial charge in [-0.3, -0.25) is 0 Å². The van der Waals surface area contributed by atoms with Gasteiger partial charge in [0.1, 0.15) is 0 Å². The highest BCUT2D eigenvalue weighted by Crippen LogP contribution is 2.39. The van der Waals surface area contributed by atoms with Gasteiger partial charge >= 0.3 is 0 Å². The van der Waals surface area contributed by atoms with Gasteiger partial charge in [-0.2, -0.15) is 0 Å². The summed E-state index contributed by atoms with van der Waals surface area (Å²) in [5.41, 5.74) is 3.05. The van der Waals surface area contributed by atoms with E-state index in [9.17, 15) is 4.39 Å². The van der Waals surface area contributed by atoms with Crippen LogP contribution in [0, 0.1) is 11.7 Å². The van der Waals surface area contributed by atoms with E-state index >= 15 is 0 Å². The van der Waals surface area contributed by atoms with Gasteiger partial charge in [0.15, 0.2) is 11.6 Å². The lowest BCUT2D eigenvalue weighted by atomic mass is 9.77. The Labute approximate surface area is 167 Å². The maximum absolute atomic E-state index is 14.2. The first-order chi connectivity index (χ1) is 13.1. The normalized spacial score (nSPS) is 19.9. The molecule has 0 amide bonds. The third-order valence-corrected chi connectivity index (χ3v) is 6.39. The van der Waals surface area contributed by atoms with Gasteiger partial charge in [-0.1, -0.05) is 68.5 Å². The Kier molecular flexibility index (Phi) is 7.18. The molecule has 1 fully saturated rings. The van der Waals surface area contributed by atoms with E-state index in [4.69, 9.17) is 16.3 Å².